The third kappa shape index (κ3) is 2.75. The number of hydrogen-bond acceptors (Lipinski definition) is 2. The Morgan fingerprint density at radius 3 is 2.59 bits per heavy atom. The predicted octanol–water partition coefficient (Wildman–Crippen LogP) is 3.31. The molecule has 0 aliphatic carbocycles. The Bertz CT molecular complexity index is 412. The van der Waals surface area contributed by atoms with Gasteiger partial charge in [0.2, 0.25) is 0 Å². The number of rotatable bonds is 1. The van der Waals surface area contributed by atoms with E-state index in [0.717, 1.165) is 18.1 Å². The molecular formula is C14H21ClN2. The first-order chi connectivity index (χ1) is 7.80. The molecule has 1 fully saturated rings. The van der Waals surface area contributed by atoms with Gasteiger partial charge in [0.1, 0.15) is 0 Å². The quantitative estimate of drug-likeness (QED) is 0.825. The molecule has 0 unspecified atom stereocenters. The highest BCUT2D eigenvalue weighted by Crippen LogP contribution is 2.30. The number of halogens is 1. The highest BCUT2D eigenvalue weighted by atomic mass is 35.5. The van der Waals surface area contributed by atoms with Crippen molar-refractivity contribution in [1.82, 2.24) is 5.32 Å². The molecule has 0 radical (unpaired) electrons. The number of hydrogen-bond donors (Lipinski definition) is 1. The molecule has 0 atom stereocenters. The van der Waals surface area contributed by atoms with Crippen LogP contribution in [0.15, 0.2) is 24.3 Å². The molecule has 0 bridgehead atoms. The van der Waals surface area contributed by atoms with Crippen LogP contribution in [0, 0.1) is 0 Å². The van der Waals surface area contributed by atoms with Crippen molar-refractivity contribution in [3.63, 3.8) is 0 Å². The van der Waals surface area contributed by atoms with E-state index in [9.17, 15) is 0 Å². The number of benzene rings is 1. The molecule has 0 saturated carbocycles. The lowest BCUT2D eigenvalue weighted by atomic mass is 9.91. The van der Waals surface area contributed by atoms with Crippen molar-refractivity contribution in [3.8, 4) is 0 Å². The first-order valence-electron chi connectivity index (χ1n) is 6.08. The molecule has 94 valence electrons. The summed E-state index contributed by atoms with van der Waals surface area (Å²) in [6, 6.07) is 8.12. The van der Waals surface area contributed by atoms with Crippen LogP contribution in [0.3, 0.4) is 0 Å². The maximum Gasteiger partial charge on any atom is 0.0471 e. The number of nitrogens with one attached hydrogen (secondary N) is 1. The standard InChI is InChI=1S/C14H21ClN2/c1-13(2)10-17(14(3,4)9-16-13)12-7-5-6-11(15)8-12/h5-8,16H,9-10H2,1-4H3. The molecule has 1 aromatic rings. The topological polar surface area (TPSA) is 15.3 Å². The fourth-order valence-corrected chi connectivity index (χ4v) is 2.49. The molecular weight excluding hydrogens is 232 g/mol. The zero-order valence-electron chi connectivity index (χ0n) is 11.0. The molecule has 17 heavy (non-hydrogen) atoms. The van der Waals surface area contributed by atoms with Crippen LogP contribution in [-0.2, 0) is 0 Å². The van der Waals surface area contributed by atoms with E-state index >= 15 is 0 Å². The lowest BCUT2D eigenvalue weighted by Crippen LogP contribution is -2.66. The van der Waals surface area contributed by atoms with Crippen molar-refractivity contribution in [3.05, 3.63) is 29.3 Å². The van der Waals surface area contributed by atoms with Crippen LogP contribution in [0.1, 0.15) is 27.7 Å². The van der Waals surface area contributed by atoms with E-state index in [-0.39, 0.29) is 11.1 Å². The Balaban J connectivity index is 2.34. The molecule has 3 heteroatoms. The largest absolute Gasteiger partial charge is 0.363 e. The normalized spacial score (nSPS) is 22.5. The van der Waals surface area contributed by atoms with Gasteiger partial charge in [-0.15, -0.1) is 0 Å². The lowest BCUT2D eigenvalue weighted by Gasteiger charge is -2.51. The molecule has 1 saturated heterocycles. The second kappa shape index (κ2) is 4.18. The van der Waals surface area contributed by atoms with Crippen molar-refractivity contribution >= 4 is 17.3 Å². The fourth-order valence-electron chi connectivity index (χ4n) is 2.30. The van der Waals surface area contributed by atoms with E-state index in [2.05, 4.69) is 44.0 Å². The summed E-state index contributed by atoms with van der Waals surface area (Å²) in [4.78, 5) is 2.44. The monoisotopic (exact) mass is 252 g/mol. The summed E-state index contributed by atoms with van der Waals surface area (Å²) in [5.41, 5.74) is 1.45. The highest BCUT2D eigenvalue weighted by molar-refractivity contribution is 6.30. The van der Waals surface area contributed by atoms with Crippen LogP contribution in [0.5, 0.6) is 0 Å². The minimum atomic E-state index is 0.111. The Labute approximate surface area is 109 Å². The van der Waals surface area contributed by atoms with Crippen LogP contribution in [0.2, 0.25) is 5.02 Å². The van der Waals surface area contributed by atoms with E-state index in [1.807, 2.05) is 18.2 Å². The predicted molar refractivity (Wildman–Crippen MR) is 75.0 cm³/mol. The Morgan fingerprint density at radius 1 is 1.24 bits per heavy atom. The van der Waals surface area contributed by atoms with Crippen LogP contribution < -0.4 is 10.2 Å². The first-order valence-corrected chi connectivity index (χ1v) is 6.46. The summed E-state index contributed by atoms with van der Waals surface area (Å²) >= 11 is 6.09. The van der Waals surface area contributed by atoms with Gasteiger partial charge in [-0.3, -0.25) is 0 Å². The SMILES string of the molecule is CC1(C)CN(c2cccc(Cl)c2)C(C)(C)CN1. The average Bonchev–Trinajstić information content (AvgIpc) is 2.22. The summed E-state index contributed by atoms with van der Waals surface area (Å²) in [5.74, 6) is 0. The van der Waals surface area contributed by atoms with Gasteiger partial charge in [-0.1, -0.05) is 17.7 Å². The molecule has 0 amide bonds. The lowest BCUT2D eigenvalue weighted by molar-refractivity contribution is 0.261. The highest BCUT2D eigenvalue weighted by Gasteiger charge is 2.37. The van der Waals surface area contributed by atoms with Gasteiger partial charge in [-0.2, -0.15) is 0 Å². The zero-order chi connectivity index (χ0) is 12.7. The van der Waals surface area contributed by atoms with Crippen LogP contribution in [-0.4, -0.2) is 24.2 Å². The second-order valence-electron chi connectivity index (χ2n) is 6.12. The number of piperazine rings is 1. The van der Waals surface area contributed by atoms with Crippen molar-refractivity contribution in [1.29, 1.82) is 0 Å². The van der Waals surface area contributed by atoms with Gasteiger partial charge in [-0.25, -0.2) is 0 Å². The number of anilines is 1. The van der Waals surface area contributed by atoms with Gasteiger partial charge in [0.05, 0.1) is 0 Å². The van der Waals surface area contributed by atoms with Gasteiger partial charge in [0.25, 0.3) is 0 Å². The van der Waals surface area contributed by atoms with Crippen LogP contribution in [0.4, 0.5) is 5.69 Å². The van der Waals surface area contributed by atoms with E-state index in [4.69, 9.17) is 11.6 Å². The van der Waals surface area contributed by atoms with Gasteiger partial charge < -0.3 is 10.2 Å². The molecule has 0 spiro atoms. The van der Waals surface area contributed by atoms with Crippen molar-refractivity contribution in [2.24, 2.45) is 0 Å². The summed E-state index contributed by atoms with van der Waals surface area (Å²) in [6.45, 7) is 11.0. The molecule has 1 heterocycles. The summed E-state index contributed by atoms with van der Waals surface area (Å²) in [5, 5.41) is 4.39. The van der Waals surface area contributed by atoms with E-state index < -0.39 is 0 Å². The molecule has 1 aliphatic rings. The van der Waals surface area contributed by atoms with E-state index in [1.54, 1.807) is 0 Å². The third-order valence-corrected chi connectivity index (χ3v) is 3.64. The van der Waals surface area contributed by atoms with Gasteiger partial charge in [-0.05, 0) is 45.9 Å². The van der Waals surface area contributed by atoms with Crippen molar-refractivity contribution in [2.45, 2.75) is 38.8 Å². The number of nitrogens with zero attached hydrogens (tertiary/aromatic N) is 1. The Morgan fingerprint density at radius 2 is 1.94 bits per heavy atom. The smallest absolute Gasteiger partial charge is 0.0471 e. The van der Waals surface area contributed by atoms with Crippen LogP contribution in [0.25, 0.3) is 0 Å². The fraction of sp³-hybridized carbons (Fsp3) is 0.571. The second-order valence-corrected chi connectivity index (χ2v) is 6.55. The van der Waals surface area contributed by atoms with Gasteiger partial charge >= 0.3 is 0 Å². The van der Waals surface area contributed by atoms with E-state index in [1.165, 1.54) is 5.69 Å². The van der Waals surface area contributed by atoms with Crippen molar-refractivity contribution < 1.29 is 0 Å². The van der Waals surface area contributed by atoms with Crippen LogP contribution >= 0.6 is 11.6 Å². The molecule has 1 aliphatic heterocycles. The van der Waals surface area contributed by atoms with Crippen molar-refractivity contribution in [2.75, 3.05) is 18.0 Å². The third-order valence-electron chi connectivity index (χ3n) is 3.40. The summed E-state index contributed by atoms with van der Waals surface area (Å²) in [7, 11) is 0. The summed E-state index contributed by atoms with van der Waals surface area (Å²) in [6.07, 6.45) is 0. The molecule has 2 rings (SSSR count). The Hall–Kier alpha value is -0.730. The maximum atomic E-state index is 6.09. The first kappa shape index (κ1) is 12.7. The maximum absolute atomic E-state index is 6.09. The minimum Gasteiger partial charge on any atom is -0.363 e. The summed E-state index contributed by atoms with van der Waals surface area (Å²) < 4.78 is 0. The Kier molecular flexibility index (Phi) is 3.13. The van der Waals surface area contributed by atoms with Gasteiger partial charge in [0, 0.05) is 34.9 Å². The molecule has 1 aromatic carbocycles. The zero-order valence-corrected chi connectivity index (χ0v) is 11.8. The minimum absolute atomic E-state index is 0.111. The van der Waals surface area contributed by atoms with Gasteiger partial charge in [0.15, 0.2) is 0 Å². The van der Waals surface area contributed by atoms with E-state index in [0.29, 0.717) is 0 Å². The molecule has 2 nitrogen and oxygen atoms in total. The molecule has 1 N–H and O–H groups in total. The average molecular weight is 253 g/mol. The molecule has 0 aromatic heterocycles.